The minimum atomic E-state index is 0.679. The monoisotopic (exact) mass is 234 g/mol. The highest BCUT2D eigenvalue weighted by molar-refractivity contribution is 6.32. The first-order chi connectivity index (χ1) is 7.83. The second kappa shape index (κ2) is 4.19. The Balaban J connectivity index is 1.95. The fraction of sp³-hybridized carbons (Fsp3) is 0.462. The molecule has 1 aliphatic carbocycles. The number of hydrogen-bond acceptors (Lipinski definition) is 2. The molecule has 1 N–H and O–H groups in total. The Morgan fingerprint density at radius 1 is 1.38 bits per heavy atom. The number of rotatable bonds is 1. The minimum Gasteiger partial charge on any atom is -0.316 e. The molecule has 16 heavy (non-hydrogen) atoms. The van der Waals surface area contributed by atoms with Crippen molar-refractivity contribution in [3.63, 3.8) is 0 Å². The molecule has 1 aromatic heterocycles. The highest BCUT2D eigenvalue weighted by atomic mass is 35.5. The molecule has 2 heterocycles. The maximum absolute atomic E-state index is 6.22. The lowest BCUT2D eigenvalue weighted by Gasteiger charge is -2.34. The lowest BCUT2D eigenvalue weighted by atomic mass is 9.78. The standard InChI is InChI=1S/C13H15ClN2/c14-13-1-2-15-8-12(13)11-4-9-3-10(5-11)7-16-6-9/h1-2,4,8-10,16H,3,5-7H2/t9-,10+/m1/s1. The van der Waals surface area contributed by atoms with Crippen LogP contribution in [-0.2, 0) is 0 Å². The summed E-state index contributed by atoms with van der Waals surface area (Å²) in [5.74, 6) is 1.45. The molecular formula is C13H15ClN2. The highest BCUT2D eigenvalue weighted by Crippen LogP contribution is 2.37. The zero-order valence-electron chi connectivity index (χ0n) is 9.12. The SMILES string of the molecule is Clc1ccncc1C1=C[C@@H]2CNC[C@H](C1)C2. The predicted molar refractivity (Wildman–Crippen MR) is 66.3 cm³/mol. The fourth-order valence-electron chi connectivity index (χ4n) is 2.83. The van der Waals surface area contributed by atoms with Gasteiger partial charge in [-0.15, -0.1) is 0 Å². The van der Waals surface area contributed by atoms with Crippen LogP contribution in [0.25, 0.3) is 5.57 Å². The molecule has 0 spiro atoms. The molecule has 0 unspecified atom stereocenters. The summed E-state index contributed by atoms with van der Waals surface area (Å²) in [4.78, 5) is 4.17. The van der Waals surface area contributed by atoms with E-state index in [1.807, 2.05) is 12.3 Å². The molecule has 2 atom stereocenters. The summed E-state index contributed by atoms with van der Waals surface area (Å²) >= 11 is 6.22. The lowest BCUT2D eigenvalue weighted by molar-refractivity contribution is 0.317. The van der Waals surface area contributed by atoms with E-state index < -0.39 is 0 Å². The number of piperidine rings is 1. The molecule has 1 fully saturated rings. The van der Waals surface area contributed by atoms with Gasteiger partial charge >= 0.3 is 0 Å². The van der Waals surface area contributed by atoms with E-state index in [9.17, 15) is 0 Å². The maximum Gasteiger partial charge on any atom is 0.0511 e. The van der Waals surface area contributed by atoms with Crippen LogP contribution in [0.2, 0.25) is 5.02 Å². The van der Waals surface area contributed by atoms with Crippen molar-refractivity contribution >= 4 is 17.2 Å². The van der Waals surface area contributed by atoms with E-state index in [1.165, 1.54) is 12.0 Å². The average molecular weight is 235 g/mol. The van der Waals surface area contributed by atoms with Crippen LogP contribution in [0, 0.1) is 11.8 Å². The highest BCUT2D eigenvalue weighted by Gasteiger charge is 2.27. The molecule has 0 aromatic carbocycles. The molecule has 1 aromatic rings. The van der Waals surface area contributed by atoms with Gasteiger partial charge in [0, 0.05) is 24.5 Å². The quantitative estimate of drug-likeness (QED) is 0.808. The van der Waals surface area contributed by atoms with Gasteiger partial charge in [0.25, 0.3) is 0 Å². The van der Waals surface area contributed by atoms with Gasteiger partial charge in [0.15, 0.2) is 0 Å². The van der Waals surface area contributed by atoms with Crippen molar-refractivity contribution in [1.29, 1.82) is 0 Å². The Morgan fingerprint density at radius 3 is 3.12 bits per heavy atom. The molecule has 0 amide bonds. The molecule has 3 rings (SSSR count). The van der Waals surface area contributed by atoms with E-state index >= 15 is 0 Å². The predicted octanol–water partition coefficient (Wildman–Crippen LogP) is 2.75. The molecular weight excluding hydrogens is 220 g/mol. The zero-order valence-corrected chi connectivity index (χ0v) is 9.87. The Labute approximate surface area is 101 Å². The van der Waals surface area contributed by atoms with E-state index in [0.717, 1.165) is 36.0 Å². The van der Waals surface area contributed by atoms with Crippen LogP contribution in [0.4, 0.5) is 0 Å². The second-order valence-electron chi connectivity index (χ2n) is 4.77. The van der Waals surface area contributed by atoms with Crippen molar-refractivity contribution in [3.8, 4) is 0 Å². The third kappa shape index (κ3) is 1.87. The summed E-state index contributed by atoms with van der Waals surface area (Å²) in [6.45, 7) is 2.25. The lowest BCUT2D eigenvalue weighted by Crippen LogP contribution is -2.37. The molecule has 84 valence electrons. The van der Waals surface area contributed by atoms with Gasteiger partial charge in [0.05, 0.1) is 5.02 Å². The summed E-state index contributed by atoms with van der Waals surface area (Å²) in [7, 11) is 0. The van der Waals surface area contributed by atoms with Gasteiger partial charge in [-0.2, -0.15) is 0 Å². The van der Waals surface area contributed by atoms with Crippen LogP contribution in [0.3, 0.4) is 0 Å². The number of allylic oxidation sites excluding steroid dienone is 1. The van der Waals surface area contributed by atoms with Crippen LogP contribution in [0.1, 0.15) is 18.4 Å². The number of fused-ring (bicyclic) bond motifs is 2. The number of nitrogens with zero attached hydrogens (tertiary/aromatic N) is 1. The summed E-state index contributed by atoms with van der Waals surface area (Å²) < 4.78 is 0. The Bertz CT molecular complexity index is 428. The van der Waals surface area contributed by atoms with Crippen molar-refractivity contribution in [2.45, 2.75) is 12.8 Å². The Morgan fingerprint density at radius 2 is 2.31 bits per heavy atom. The van der Waals surface area contributed by atoms with E-state index in [1.54, 1.807) is 6.20 Å². The number of pyridine rings is 1. The molecule has 2 bridgehead atoms. The van der Waals surface area contributed by atoms with Crippen LogP contribution in [0.5, 0.6) is 0 Å². The van der Waals surface area contributed by atoms with Gasteiger partial charge in [-0.1, -0.05) is 17.7 Å². The van der Waals surface area contributed by atoms with Crippen molar-refractivity contribution in [3.05, 3.63) is 35.1 Å². The van der Waals surface area contributed by atoms with E-state index in [-0.39, 0.29) is 0 Å². The van der Waals surface area contributed by atoms with Crippen molar-refractivity contribution in [2.24, 2.45) is 11.8 Å². The summed E-state index contributed by atoms with van der Waals surface area (Å²) in [6, 6.07) is 1.88. The summed E-state index contributed by atoms with van der Waals surface area (Å²) in [5.41, 5.74) is 2.52. The van der Waals surface area contributed by atoms with Gasteiger partial charge < -0.3 is 5.32 Å². The smallest absolute Gasteiger partial charge is 0.0511 e. The first-order valence-corrected chi connectivity index (χ1v) is 6.22. The van der Waals surface area contributed by atoms with Crippen molar-refractivity contribution < 1.29 is 0 Å². The second-order valence-corrected chi connectivity index (χ2v) is 5.18. The fourth-order valence-corrected chi connectivity index (χ4v) is 3.05. The van der Waals surface area contributed by atoms with Gasteiger partial charge in [-0.05, 0) is 42.9 Å². The van der Waals surface area contributed by atoms with Crippen LogP contribution in [-0.4, -0.2) is 18.1 Å². The number of hydrogen-bond donors (Lipinski definition) is 1. The van der Waals surface area contributed by atoms with E-state index in [4.69, 9.17) is 11.6 Å². The van der Waals surface area contributed by atoms with Gasteiger partial charge in [0.1, 0.15) is 0 Å². The number of halogens is 1. The summed E-state index contributed by atoms with van der Waals surface area (Å²) in [5, 5.41) is 4.31. The van der Waals surface area contributed by atoms with E-state index in [0.29, 0.717) is 5.92 Å². The topological polar surface area (TPSA) is 24.9 Å². The molecule has 2 aliphatic rings. The van der Waals surface area contributed by atoms with Crippen molar-refractivity contribution in [1.82, 2.24) is 10.3 Å². The molecule has 0 saturated carbocycles. The molecule has 3 heteroatoms. The first kappa shape index (κ1) is 10.3. The van der Waals surface area contributed by atoms with Gasteiger partial charge in [-0.25, -0.2) is 0 Å². The minimum absolute atomic E-state index is 0.679. The van der Waals surface area contributed by atoms with Crippen molar-refractivity contribution in [2.75, 3.05) is 13.1 Å². The third-order valence-corrected chi connectivity index (χ3v) is 3.86. The van der Waals surface area contributed by atoms with Gasteiger partial charge in [-0.3, -0.25) is 4.98 Å². The van der Waals surface area contributed by atoms with E-state index in [2.05, 4.69) is 16.4 Å². The summed E-state index contributed by atoms with van der Waals surface area (Å²) in [6.07, 6.45) is 8.48. The Kier molecular flexibility index (Phi) is 2.70. The molecule has 1 aliphatic heterocycles. The normalized spacial score (nSPS) is 28.7. The van der Waals surface area contributed by atoms with Crippen LogP contribution < -0.4 is 5.32 Å². The Hall–Kier alpha value is -0.860. The zero-order chi connectivity index (χ0) is 11.0. The third-order valence-electron chi connectivity index (χ3n) is 3.53. The average Bonchev–Trinajstić information content (AvgIpc) is 2.29. The maximum atomic E-state index is 6.22. The largest absolute Gasteiger partial charge is 0.316 e. The molecule has 0 radical (unpaired) electrons. The number of nitrogens with one attached hydrogen (secondary N) is 1. The van der Waals surface area contributed by atoms with Gasteiger partial charge in [0.2, 0.25) is 0 Å². The first-order valence-electron chi connectivity index (χ1n) is 5.84. The molecule has 2 nitrogen and oxygen atoms in total. The number of aromatic nitrogens is 1. The van der Waals surface area contributed by atoms with Crippen LogP contribution in [0.15, 0.2) is 24.5 Å². The van der Waals surface area contributed by atoms with Crippen LogP contribution >= 0.6 is 11.6 Å². The molecule has 1 saturated heterocycles.